The molecule has 34 heavy (non-hydrogen) atoms. The van der Waals surface area contributed by atoms with Crippen molar-refractivity contribution >= 4 is 46.0 Å². The van der Waals surface area contributed by atoms with Gasteiger partial charge >= 0.3 is 5.97 Å². The number of allylic oxidation sites excluding steroid dienone is 1. The Morgan fingerprint density at radius 1 is 1.24 bits per heavy atom. The van der Waals surface area contributed by atoms with E-state index in [-0.39, 0.29) is 12.2 Å². The molecule has 0 aliphatic carbocycles. The summed E-state index contributed by atoms with van der Waals surface area (Å²) in [6.07, 6.45) is 5.80. The first kappa shape index (κ1) is 22.4. The Morgan fingerprint density at radius 2 is 2.00 bits per heavy atom. The quantitative estimate of drug-likeness (QED) is 0.340. The highest BCUT2D eigenvalue weighted by Gasteiger charge is 2.33. The maximum Gasteiger partial charge on any atom is 0.338 e. The van der Waals surface area contributed by atoms with E-state index in [4.69, 9.17) is 4.74 Å². The van der Waals surface area contributed by atoms with Crippen LogP contribution >= 0.6 is 23.1 Å². The number of hydrogen-bond acceptors (Lipinski definition) is 6. The molecule has 172 valence electrons. The molecule has 0 radical (unpaired) electrons. The summed E-state index contributed by atoms with van der Waals surface area (Å²) in [4.78, 5) is 36.3. The number of aromatic nitrogens is 2. The molecule has 0 bridgehead atoms. The van der Waals surface area contributed by atoms with Crippen molar-refractivity contribution in [2.24, 2.45) is 4.99 Å². The monoisotopic (exact) mass is 489 g/mol. The molecule has 0 fully saturated rings. The van der Waals surface area contributed by atoms with E-state index in [1.165, 1.54) is 11.3 Å². The van der Waals surface area contributed by atoms with Crippen molar-refractivity contribution in [1.82, 2.24) is 9.55 Å². The van der Waals surface area contributed by atoms with Crippen LogP contribution in [-0.2, 0) is 9.53 Å². The largest absolute Gasteiger partial charge is 0.463 e. The van der Waals surface area contributed by atoms with Gasteiger partial charge < -0.3 is 9.72 Å². The summed E-state index contributed by atoms with van der Waals surface area (Å²) in [5, 5.41) is 1.04. The topological polar surface area (TPSA) is 76.4 Å². The number of fused-ring (bicyclic) bond motifs is 2. The van der Waals surface area contributed by atoms with Gasteiger partial charge in [-0.2, -0.15) is 0 Å². The molecule has 1 unspecified atom stereocenters. The van der Waals surface area contributed by atoms with Crippen molar-refractivity contribution in [3.8, 4) is 0 Å². The van der Waals surface area contributed by atoms with Crippen LogP contribution in [0.1, 0.15) is 31.0 Å². The first-order valence-corrected chi connectivity index (χ1v) is 13.0. The van der Waals surface area contributed by atoms with Crippen LogP contribution in [0.4, 0.5) is 0 Å². The second-order valence-electron chi connectivity index (χ2n) is 7.87. The van der Waals surface area contributed by atoms with E-state index in [2.05, 4.69) is 9.98 Å². The number of benzene rings is 2. The average Bonchev–Trinajstić information content (AvgIpc) is 3.39. The molecule has 0 spiro atoms. The minimum Gasteiger partial charge on any atom is -0.463 e. The summed E-state index contributed by atoms with van der Waals surface area (Å²) in [5.74, 6) is -0.450. The third-order valence-electron chi connectivity index (χ3n) is 5.86. The van der Waals surface area contributed by atoms with Crippen molar-refractivity contribution < 1.29 is 9.53 Å². The maximum absolute atomic E-state index is 13.7. The number of thiazole rings is 1. The maximum atomic E-state index is 13.7. The fraction of sp³-hybridized carbons (Fsp3) is 0.192. The molecule has 8 heteroatoms. The van der Waals surface area contributed by atoms with Crippen LogP contribution in [-0.4, -0.2) is 28.4 Å². The Labute approximate surface area is 204 Å². The number of ether oxygens (including phenoxy) is 1. The van der Waals surface area contributed by atoms with Gasteiger partial charge in [0.1, 0.15) is 0 Å². The second-order valence-corrected chi connectivity index (χ2v) is 9.75. The van der Waals surface area contributed by atoms with Gasteiger partial charge in [-0.15, -0.1) is 11.8 Å². The highest BCUT2D eigenvalue weighted by molar-refractivity contribution is 7.98. The van der Waals surface area contributed by atoms with Gasteiger partial charge in [0.25, 0.3) is 5.56 Å². The molecule has 1 aliphatic rings. The zero-order valence-corrected chi connectivity index (χ0v) is 20.6. The van der Waals surface area contributed by atoms with E-state index in [0.717, 1.165) is 26.9 Å². The van der Waals surface area contributed by atoms with Crippen molar-refractivity contribution in [2.75, 3.05) is 12.9 Å². The molecule has 0 amide bonds. The normalized spacial score (nSPS) is 16.0. The Hall–Kier alpha value is -3.36. The third kappa shape index (κ3) is 3.82. The van der Waals surface area contributed by atoms with Gasteiger partial charge in [0.05, 0.1) is 28.5 Å². The molecule has 1 atom stereocenters. The SMILES string of the molecule is CCOC(=O)C1=C(C)N=c2s/c(=C/c3c[nH]c4ccccc34)c(=O)n2C1c1ccc(SC)cc1. The summed E-state index contributed by atoms with van der Waals surface area (Å²) in [6.45, 7) is 3.82. The summed E-state index contributed by atoms with van der Waals surface area (Å²) in [5.41, 5.74) is 3.57. The number of nitrogens with one attached hydrogen (secondary N) is 1. The minimum atomic E-state index is -0.601. The highest BCUT2D eigenvalue weighted by Crippen LogP contribution is 2.31. The first-order chi connectivity index (χ1) is 16.5. The molecule has 2 aromatic carbocycles. The number of carbonyl (C=O) groups excluding carboxylic acids is 1. The molecule has 5 rings (SSSR count). The molecule has 6 nitrogen and oxygen atoms in total. The summed E-state index contributed by atoms with van der Waals surface area (Å²) in [7, 11) is 0. The Bertz CT molecular complexity index is 1610. The number of para-hydroxylation sites is 1. The van der Waals surface area contributed by atoms with Crippen LogP contribution in [0.3, 0.4) is 0 Å². The summed E-state index contributed by atoms with van der Waals surface area (Å²) in [6, 6.07) is 15.3. The standard InChI is InChI=1S/C26H23N3O3S2/c1-4-32-25(31)22-15(2)28-26-29(23(22)16-9-11-18(33-3)12-10-16)24(30)21(34-26)13-17-14-27-20-8-6-5-7-19(17)20/h5-14,23,27H,4H2,1-3H3/b21-13+. The zero-order chi connectivity index (χ0) is 23.8. The van der Waals surface area contributed by atoms with E-state index in [1.54, 1.807) is 30.2 Å². The number of H-pyrrole nitrogens is 1. The van der Waals surface area contributed by atoms with Gasteiger partial charge in [0.15, 0.2) is 4.80 Å². The second kappa shape index (κ2) is 9.12. The molecule has 2 aromatic heterocycles. The van der Waals surface area contributed by atoms with E-state index >= 15 is 0 Å². The van der Waals surface area contributed by atoms with Crippen LogP contribution in [0, 0.1) is 0 Å². The molecule has 0 saturated heterocycles. The lowest BCUT2D eigenvalue weighted by Gasteiger charge is -2.24. The van der Waals surface area contributed by atoms with Crippen LogP contribution in [0.2, 0.25) is 0 Å². The number of hydrogen-bond donors (Lipinski definition) is 1. The minimum absolute atomic E-state index is 0.178. The van der Waals surface area contributed by atoms with Crippen molar-refractivity contribution in [3.05, 3.63) is 96.8 Å². The smallest absolute Gasteiger partial charge is 0.338 e. The molecule has 3 heterocycles. The van der Waals surface area contributed by atoms with Crippen molar-refractivity contribution in [1.29, 1.82) is 0 Å². The summed E-state index contributed by atoms with van der Waals surface area (Å²) < 4.78 is 7.54. The Balaban J connectivity index is 1.73. The fourth-order valence-electron chi connectivity index (χ4n) is 4.25. The molecular weight excluding hydrogens is 466 g/mol. The lowest BCUT2D eigenvalue weighted by Crippen LogP contribution is -2.39. The molecule has 1 N–H and O–H groups in total. The van der Waals surface area contributed by atoms with Gasteiger partial charge in [0.2, 0.25) is 0 Å². The molecular formula is C26H23N3O3S2. The van der Waals surface area contributed by atoms with Gasteiger partial charge in [-0.1, -0.05) is 41.7 Å². The van der Waals surface area contributed by atoms with Gasteiger partial charge in [-0.25, -0.2) is 9.79 Å². The van der Waals surface area contributed by atoms with Crippen LogP contribution in [0.15, 0.2) is 80.7 Å². The van der Waals surface area contributed by atoms with Crippen molar-refractivity contribution in [3.63, 3.8) is 0 Å². The van der Waals surface area contributed by atoms with Gasteiger partial charge in [-0.05, 0) is 49.9 Å². The van der Waals surface area contributed by atoms with Crippen LogP contribution < -0.4 is 14.9 Å². The fourth-order valence-corrected chi connectivity index (χ4v) is 5.69. The first-order valence-electron chi connectivity index (χ1n) is 10.9. The summed E-state index contributed by atoms with van der Waals surface area (Å²) >= 11 is 2.97. The van der Waals surface area contributed by atoms with E-state index < -0.39 is 12.0 Å². The van der Waals surface area contributed by atoms with Gasteiger partial charge in [-0.3, -0.25) is 9.36 Å². The molecule has 1 aliphatic heterocycles. The van der Waals surface area contributed by atoms with E-state index in [1.807, 2.05) is 67.1 Å². The number of esters is 1. The molecule has 4 aromatic rings. The number of aromatic amines is 1. The number of rotatable bonds is 5. The van der Waals surface area contributed by atoms with Crippen LogP contribution in [0.25, 0.3) is 17.0 Å². The lowest BCUT2D eigenvalue weighted by atomic mass is 9.96. The predicted molar refractivity (Wildman–Crippen MR) is 137 cm³/mol. The Morgan fingerprint density at radius 3 is 2.74 bits per heavy atom. The third-order valence-corrected chi connectivity index (χ3v) is 7.58. The van der Waals surface area contributed by atoms with Crippen molar-refractivity contribution in [2.45, 2.75) is 24.8 Å². The van der Waals surface area contributed by atoms with E-state index in [0.29, 0.717) is 20.6 Å². The number of carbonyl (C=O) groups is 1. The van der Waals surface area contributed by atoms with Gasteiger partial charge in [0, 0.05) is 27.6 Å². The number of nitrogens with zero attached hydrogens (tertiary/aromatic N) is 2. The highest BCUT2D eigenvalue weighted by atomic mass is 32.2. The number of thioether (sulfide) groups is 1. The molecule has 0 saturated carbocycles. The zero-order valence-electron chi connectivity index (χ0n) is 19.0. The van der Waals surface area contributed by atoms with E-state index in [9.17, 15) is 9.59 Å². The lowest BCUT2D eigenvalue weighted by molar-refractivity contribution is -0.139. The van der Waals surface area contributed by atoms with Crippen LogP contribution in [0.5, 0.6) is 0 Å². The average molecular weight is 490 g/mol. The Kier molecular flexibility index (Phi) is 6.02. The predicted octanol–water partition coefficient (Wildman–Crippen LogP) is 4.00.